The first-order valence-corrected chi connectivity index (χ1v) is 7.36. The minimum Gasteiger partial charge on any atom is -0.490 e. The van der Waals surface area contributed by atoms with E-state index >= 15 is 0 Å². The summed E-state index contributed by atoms with van der Waals surface area (Å²) in [6, 6.07) is 8.30. The SMILES string of the molecule is CCOc1ccc(C(Cc2ccoc2)NC)cc1OCC. The second-order valence-electron chi connectivity index (χ2n) is 4.75. The zero-order valence-corrected chi connectivity index (χ0v) is 12.9. The molecule has 1 heterocycles. The lowest BCUT2D eigenvalue weighted by Crippen LogP contribution is -2.18. The van der Waals surface area contributed by atoms with Gasteiger partial charge < -0.3 is 19.2 Å². The Morgan fingerprint density at radius 2 is 1.86 bits per heavy atom. The molecule has 1 aromatic heterocycles. The van der Waals surface area contributed by atoms with Crippen LogP contribution in [0.1, 0.15) is 31.0 Å². The molecule has 0 aliphatic rings. The van der Waals surface area contributed by atoms with E-state index in [9.17, 15) is 0 Å². The van der Waals surface area contributed by atoms with Crippen molar-refractivity contribution in [3.8, 4) is 11.5 Å². The zero-order chi connectivity index (χ0) is 15.1. The van der Waals surface area contributed by atoms with Crippen molar-refractivity contribution in [2.45, 2.75) is 26.3 Å². The number of nitrogens with one attached hydrogen (secondary N) is 1. The van der Waals surface area contributed by atoms with Crippen LogP contribution < -0.4 is 14.8 Å². The van der Waals surface area contributed by atoms with Gasteiger partial charge in [-0.15, -0.1) is 0 Å². The van der Waals surface area contributed by atoms with E-state index in [4.69, 9.17) is 13.9 Å². The number of ether oxygens (including phenoxy) is 2. The lowest BCUT2D eigenvalue weighted by molar-refractivity contribution is 0.287. The van der Waals surface area contributed by atoms with Crippen molar-refractivity contribution in [3.63, 3.8) is 0 Å². The molecular weight excluding hydrogens is 266 g/mol. The third kappa shape index (κ3) is 4.02. The average molecular weight is 289 g/mol. The predicted molar refractivity (Wildman–Crippen MR) is 83.0 cm³/mol. The Balaban J connectivity index is 2.22. The van der Waals surface area contributed by atoms with E-state index in [2.05, 4.69) is 17.4 Å². The lowest BCUT2D eigenvalue weighted by Gasteiger charge is -2.18. The highest BCUT2D eigenvalue weighted by molar-refractivity contribution is 5.44. The van der Waals surface area contributed by atoms with Crippen LogP contribution in [0.3, 0.4) is 0 Å². The maximum atomic E-state index is 5.69. The van der Waals surface area contributed by atoms with E-state index in [1.807, 2.05) is 33.0 Å². The summed E-state index contributed by atoms with van der Waals surface area (Å²) in [5.41, 5.74) is 2.34. The van der Waals surface area contributed by atoms with E-state index in [0.29, 0.717) is 13.2 Å². The predicted octanol–water partition coefficient (Wildman–Crippen LogP) is 3.58. The van der Waals surface area contributed by atoms with Crippen molar-refractivity contribution in [3.05, 3.63) is 47.9 Å². The van der Waals surface area contributed by atoms with Crippen molar-refractivity contribution >= 4 is 0 Å². The van der Waals surface area contributed by atoms with Gasteiger partial charge in [0.1, 0.15) is 0 Å². The van der Waals surface area contributed by atoms with E-state index in [1.165, 1.54) is 11.1 Å². The summed E-state index contributed by atoms with van der Waals surface area (Å²) >= 11 is 0. The molecule has 1 atom stereocenters. The van der Waals surface area contributed by atoms with Gasteiger partial charge in [0.05, 0.1) is 25.7 Å². The molecule has 0 saturated heterocycles. The van der Waals surface area contributed by atoms with Gasteiger partial charge in [-0.1, -0.05) is 6.07 Å². The molecule has 2 rings (SSSR count). The molecule has 0 amide bonds. The first kappa shape index (κ1) is 15.4. The molecule has 0 spiro atoms. The minimum atomic E-state index is 0.206. The Labute approximate surface area is 126 Å². The highest BCUT2D eigenvalue weighted by Gasteiger charge is 2.14. The Morgan fingerprint density at radius 1 is 1.10 bits per heavy atom. The summed E-state index contributed by atoms with van der Waals surface area (Å²) in [7, 11) is 1.96. The Morgan fingerprint density at radius 3 is 2.48 bits per heavy atom. The molecule has 0 bridgehead atoms. The fourth-order valence-corrected chi connectivity index (χ4v) is 2.32. The second-order valence-corrected chi connectivity index (χ2v) is 4.75. The Kier molecular flexibility index (Phi) is 5.69. The topological polar surface area (TPSA) is 43.6 Å². The third-order valence-electron chi connectivity index (χ3n) is 3.34. The molecular formula is C17H23NO3. The van der Waals surface area contributed by atoms with Gasteiger partial charge in [0.25, 0.3) is 0 Å². The van der Waals surface area contributed by atoms with E-state index < -0.39 is 0 Å². The Bertz CT molecular complexity index is 537. The molecule has 1 aromatic carbocycles. The van der Waals surface area contributed by atoms with Gasteiger partial charge in [0.15, 0.2) is 11.5 Å². The number of benzene rings is 1. The number of likely N-dealkylation sites (N-methyl/N-ethyl adjacent to an activating group) is 1. The van der Waals surface area contributed by atoms with Gasteiger partial charge in [-0.3, -0.25) is 0 Å². The number of hydrogen-bond acceptors (Lipinski definition) is 4. The normalized spacial score (nSPS) is 12.1. The van der Waals surface area contributed by atoms with Gasteiger partial charge in [-0.05, 0) is 56.6 Å². The van der Waals surface area contributed by atoms with E-state index in [0.717, 1.165) is 17.9 Å². The van der Waals surface area contributed by atoms with Crippen molar-refractivity contribution in [1.82, 2.24) is 5.32 Å². The molecule has 1 N–H and O–H groups in total. The fourth-order valence-electron chi connectivity index (χ4n) is 2.32. The van der Waals surface area contributed by atoms with Crippen LogP contribution in [0.2, 0.25) is 0 Å². The van der Waals surface area contributed by atoms with Crippen molar-refractivity contribution in [2.75, 3.05) is 20.3 Å². The molecule has 0 aliphatic carbocycles. The van der Waals surface area contributed by atoms with Gasteiger partial charge in [0.2, 0.25) is 0 Å². The van der Waals surface area contributed by atoms with E-state index in [-0.39, 0.29) is 6.04 Å². The van der Waals surface area contributed by atoms with Gasteiger partial charge in [0, 0.05) is 6.04 Å². The quantitative estimate of drug-likeness (QED) is 0.806. The van der Waals surface area contributed by atoms with Crippen molar-refractivity contribution in [1.29, 1.82) is 0 Å². The second kappa shape index (κ2) is 7.74. The first-order chi connectivity index (χ1) is 10.3. The molecule has 114 valence electrons. The lowest BCUT2D eigenvalue weighted by atomic mass is 10.00. The van der Waals surface area contributed by atoms with Gasteiger partial charge >= 0.3 is 0 Å². The number of furan rings is 1. The van der Waals surface area contributed by atoms with Crippen molar-refractivity contribution in [2.24, 2.45) is 0 Å². The Hall–Kier alpha value is -1.94. The van der Waals surface area contributed by atoms with Crippen molar-refractivity contribution < 1.29 is 13.9 Å². The maximum absolute atomic E-state index is 5.69. The van der Waals surface area contributed by atoms with Crippen LogP contribution in [0.5, 0.6) is 11.5 Å². The van der Waals surface area contributed by atoms with Crippen LogP contribution in [0, 0.1) is 0 Å². The van der Waals surface area contributed by atoms with Crippen LogP contribution in [-0.2, 0) is 6.42 Å². The summed E-state index contributed by atoms with van der Waals surface area (Å²) in [4.78, 5) is 0. The van der Waals surface area contributed by atoms with Crippen LogP contribution >= 0.6 is 0 Å². The minimum absolute atomic E-state index is 0.206. The van der Waals surface area contributed by atoms with Crippen LogP contribution in [0.25, 0.3) is 0 Å². The summed E-state index contributed by atoms with van der Waals surface area (Å²) < 4.78 is 16.4. The summed E-state index contributed by atoms with van der Waals surface area (Å²) in [6.07, 6.45) is 4.35. The van der Waals surface area contributed by atoms with Gasteiger partial charge in [-0.2, -0.15) is 0 Å². The smallest absolute Gasteiger partial charge is 0.161 e. The molecule has 0 aliphatic heterocycles. The molecule has 0 saturated carbocycles. The van der Waals surface area contributed by atoms with Gasteiger partial charge in [-0.25, -0.2) is 0 Å². The van der Waals surface area contributed by atoms with Crippen LogP contribution in [0.15, 0.2) is 41.2 Å². The molecule has 2 aromatic rings. The summed E-state index contributed by atoms with van der Waals surface area (Å²) in [6.45, 7) is 5.20. The molecule has 0 fully saturated rings. The fraction of sp³-hybridized carbons (Fsp3) is 0.412. The third-order valence-corrected chi connectivity index (χ3v) is 3.34. The highest BCUT2D eigenvalue weighted by atomic mass is 16.5. The molecule has 1 unspecified atom stereocenters. The number of hydrogen-bond donors (Lipinski definition) is 1. The standard InChI is InChI=1S/C17H23NO3/c1-4-20-16-7-6-14(11-17(16)21-5-2)15(18-3)10-13-8-9-19-12-13/h6-9,11-12,15,18H,4-5,10H2,1-3H3. The highest BCUT2D eigenvalue weighted by Crippen LogP contribution is 2.31. The first-order valence-electron chi connectivity index (χ1n) is 7.36. The molecule has 4 nitrogen and oxygen atoms in total. The number of rotatable bonds is 8. The van der Waals surface area contributed by atoms with Crippen LogP contribution in [-0.4, -0.2) is 20.3 Å². The largest absolute Gasteiger partial charge is 0.490 e. The molecule has 21 heavy (non-hydrogen) atoms. The average Bonchev–Trinajstić information content (AvgIpc) is 3.00. The van der Waals surface area contributed by atoms with Crippen LogP contribution in [0.4, 0.5) is 0 Å². The molecule has 4 heteroatoms. The summed E-state index contributed by atoms with van der Waals surface area (Å²) in [5, 5.41) is 3.34. The summed E-state index contributed by atoms with van der Waals surface area (Å²) in [5.74, 6) is 1.59. The van der Waals surface area contributed by atoms with E-state index in [1.54, 1.807) is 12.5 Å². The maximum Gasteiger partial charge on any atom is 0.161 e. The monoisotopic (exact) mass is 289 g/mol. The molecule has 0 radical (unpaired) electrons. The zero-order valence-electron chi connectivity index (χ0n) is 12.9.